The van der Waals surface area contributed by atoms with Gasteiger partial charge < -0.3 is 9.84 Å². The van der Waals surface area contributed by atoms with Gasteiger partial charge in [-0.2, -0.15) is 8.42 Å². The molecule has 0 saturated heterocycles. The van der Waals surface area contributed by atoms with Gasteiger partial charge in [0.2, 0.25) is 0 Å². The Hall–Kier alpha value is -0.414. The Bertz CT molecular complexity index is 791. The van der Waals surface area contributed by atoms with Crippen LogP contribution in [0.3, 0.4) is 0 Å². The van der Waals surface area contributed by atoms with Gasteiger partial charge in [0, 0.05) is 5.56 Å². The summed E-state index contributed by atoms with van der Waals surface area (Å²) >= 11 is 0. The van der Waals surface area contributed by atoms with Crippen LogP contribution in [-0.4, -0.2) is 13.0 Å². The van der Waals surface area contributed by atoms with Crippen molar-refractivity contribution in [1.29, 1.82) is 0 Å². The summed E-state index contributed by atoms with van der Waals surface area (Å²) in [6.07, 6.45) is 5.42. The van der Waals surface area contributed by atoms with E-state index >= 15 is 0 Å². The van der Waals surface area contributed by atoms with E-state index < -0.39 is 15.9 Å². The third-order valence-corrected chi connectivity index (χ3v) is 4.84. The summed E-state index contributed by atoms with van der Waals surface area (Å²) in [6, 6.07) is 11.0. The van der Waals surface area contributed by atoms with E-state index in [0.29, 0.717) is 17.7 Å². The summed E-state index contributed by atoms with van der Waals surface area (Å²) in [6.45, 7) is 2.12. The van der Waals surface area contributed by atoms with Crippen LogP contribution in [0, 0.1) is 0 Å². The number of hydrogen-bond donors (Lipinski definition) is 1. The van der Waals surface area contributed by atoms with Crippen LogP contribution < -0.4 is 61.2 Å². The van der Waals surface area contributed by atoms with Crippen molar-refractivity contribution in [2.24, 2.45) is 0 Å². The Balaban J connectivity index is 0.00000338. The quantitative estimate of drug-likeness (QED) is 0.388. The fourth-order valence-electron chi connectivity index (χ4n) is 2.68. The maximum absolute atomic E-state index is 11.9. The van der Waals surface area contributed by atoms with E-state index in [0.717, 1.165) is 38.2 Å². The molecule has 0 heterocycles. The average Bonchev–Trinajstić information content (AvgIpc) is 2.56. The van der Waals surface area contributed by atoms with E-state index in [9.17, 15) is 18.1 Å². The Kier molecular flexibility index (Phi) is 10.4. The molecule has 0 aliphatic carbocycles. The third kappa shape index (κ3) is 7.30. The Morgan fingerprint density at radius 1 is 1.04 bits per heavy atom. The van der Waals surface area contributed by atoms with Crippen molar-refractivity contribution in [3.8, 4) is 17.2 Å². The molecule has 1 N–H and O–H groups in total. The van der Waals surface area contributed by atoms with Crippen molar-refractivity contribution < 1.29 is 74.2 Å². The SMILES string of the molecule is CCCCCCCc1c(Oc2ccccc2)cc([O-])cc1S(=O)(=O)O.[K+]. The van der Waals surface area contributed by atoms with Crippen LogP contribution >= 0.6 is 0 Å². The first-order valence-corrected chi connectivity index (χ1v) is 9.90. The molecule has 0 aliphatic rings. The molecule has 2 aromatic carbocycles. The molecule has 0 saturated carbocycles. The Morgan fingerprint density at radius 3 is 2.31 bits per heavy atom. The summed E-state index contributed by atoms with van der Waals surface area (Å²) in [5.74, 6) is 0.164. The molecule has 2 aromatic rings. The second-order valence-electron chi connectivity index (χ2n) is 5.95. The van der Waals surface area contributed by atoms with Crippen LogP contribution in [0.25, 0.3) is 0 Å². The number of hydrogen-bond acceptors (Lipinski definition) is 4. The molecule has 2 rings (SSSR count). The number of benzene rings is 2. The number of ether oxygens (including phenoxy) is 1. The molecule has 0 unspecified atom stereocenters. The van der Waals surface area contributed by atoms with E-state index in [4.69, 9.17) is 4.74 Å². The van der Waals surface area contributed by atoms with Crippen LogP contribution in [0.4, 0.5) is 0 Å². The van der Waals surface area contributed by atoms with Crippen LogP contribution in [0.2, 0.25) is 0 Å². The first kappa shape index (κ1) is 23.6. The molecule has 0 radical (unpaired) electrons. The van der Waals surface area contributed by atoms with Gasteiger partial charge in [-0.1, -0.05) is 50.8 Å². The number of rotatable bonds is 9. The molecular weight excluding hydrogens is 379 g/mol. The Morgan fingerprint density at radius 2 is 1.69 bits per heavy atom. The zero-order chi connectivity index (χ0) is 18.3. The van der Waals surface area contributed by atoms with Gasteiger partial charge in [-0.25, -0.2) is 0 Å². The van der Waals surface area contributed by atoms with Gasteiger partial charge in [0.15, 0.2) is 0 Å². The zero-order valence-corrected chi connectivity index (χ0v) is 19.2. The molecule has 136 valence electrons. The minimum absolute atomic E-state index is 0. The number of para-hydroxylation sites is 1. The molecule has 5 nitrogen and oxygen atoms in total. The summed E-state index contributed by atoms with van der Waals surface area (Å²) in [4.78, 5) is -0.360. The zero-order valence-electron chi connectivity index (χ0n) is 15.3. The summed E-state index contributed by atoms with van der Waals surface area (Å²) in [5.41, 5.74) is 0.349. The fraction of sp³-hybridized carbons (Fsp3) is 0.368. The van der Waals surface area contributed by atoms with Crippen LogP contribution in [0.1, 0.15) is 44.6 Å². The predicted octanol–water partition coefficient (Wildman–Crippen LogP) is 1.32. The monoisotopic (exact) mass is 402 g/mol. The second-order valence-corrected chi connectivity index (χ2v) is 7.34. The molecule has 0 fully saturated rings. The first-order chi connectivity index (χ1) is 11.9. The molecule has 0 bridgehead atoms. The van der Waals surface area contributed by atoms with Gasteiger partial charge in [0.1, 0.15) is 16.4 Å². The van der Waals surface area contributed by atoms with Crippen molar-refractivity contribution in [1.82, 2.24) is 0 Å². The molecule has 0 atom stereocenters. The average molecular weight is 403 g/mol. The number of unbranched alkanes of at least 4 members (excludes halogenated alkanes) is 4. The third-order valence-electron chi connectivity index (χ3n) is 3.92. The molecule has 0 spiro atoms. The van der Waals surface area contributed by atoms with Crippen LogP contribution in [-0.2, 0) is 16.5 Å². The second kappa shape index (κ2) is 11.4. The van der Waals surface area contributed by atoms with Gasteiger partial charge in [-0.15, -0.1) is 5.75 Å². The smallest absolute Gasteiger partial charge is 0.872 e. The van der Waals surface area contributed by atoms with Crippen molar-refractivity contribution in [2.75, 3.05) is 0 Å². The van der Waals surface area contributed by atoms with Gasteiger partial charge in [-0.05, 0) is 37.1 Å². The van der Waals surface area contributed by atoms with Gasteiger partial charge >= 0.3 is 51.4 Å². The molecule has 26 heavy (non-hydrogen) atoms. The molecule has 0 amide bonds. The Labute approximate surface area is 198 Å². The van der Waals surface area contributed by atoms with Crippen molar-refractivity contribution in [2.45, 2.75) is 50.3 Å². The minimum Gasteiger partial charge on any atom is -0.872 e. The summed E-state index contributed by atoms with van der Waals surface area (Å²) in [5, 5.41) is 11.9. The topological polar surface area (TPSA) is 86.7 Å². The van der Waals surface area contributed by atoms with E-state index in [-0.39, 0.29) is 62.0 Å². The summed E-state index contributed by atoms with van der Waals surface area (Å²) in [7, 11) is -4.50. The van der Waals surface area contributed by atoms with E-state index in [1.54, 1.807) is 24.3 Å². The minimum atomic E-state index is -4.50. The fourth-order valence-corrected chi connectivity index (χ4v) is 3.46. The van der Waals surface area contributed by atoms with Crippen molar-refractivity contribution in [3.05, 3.63) is 48.0 Å². The maximum atomic E-state index is 11.9. The standard InChI is InChI=1S/C19H24O5S.K/c1-2-3-4-5-9-12-17-18(24-16-10-7-6-8-11-16)13-15(20)14-19(17)25(21,22)23;/h6-8,10-11,13-14,20H,2-5,9,12H2,1H3,(H,21,22,23);/q;+1/p-1. The summed E-state index contributed by atoms with van der Waals surface area (Å²) < 4.78 is 38.6. The maximum Gasteiger partial charge on any atom is 1.00 e. The molecular formula is C19H23KO5S. The molecule has 0 aromatic heterocycles. The predicted molar refractivity (Wildman–Crippen MR) is 94.7 cm³/mol. The normalized spacial score (nSPS) is 11.0. The molecule has 7 heteroatoms. The van der Waals surface area contributed by atoms with Crippen LogP contribution in [0.15, 0.2) is 47.4 Å². The first-order valence-electron chi connectivity index (χ1n) is 8.46. The van der Waals surface area contributed by atoms with Gasteiger partial charge in [0.05, 0.1) is 0 Å². The van der Waals surface area contributed by atoms with Crippen molar-refractivity contribution >= 4 is 10.1 Å². The van der Waals surface area contributed by atoms with E-state index in [1.807, 2.05) is 6.07 Å². The van der Waals surface area contributed by atoms with E-state index in [2.05, 4.69) is 6.92 Å². The largest absolute Gasteiger partial charge is 1.00 e. The molecule has 0 aliphatic heterocycles. The van der Waals surface area contributed by atoms with Crippen LogP contribution in [0.5, 0.6) is 17.2 Å². The van der Waals surface area contributed by atoms with Gasteiger partial charge in [0.25, 0.3) is 10.1 Å². The van der Waals surface area contributed by atoms with Crippen molar-refractivity contribution in [3.63, 3.8) is 0 Å². The van der Waals surface area contributed by atoms with Gasteiger partial charge in [-0.3, -0.25) is 4.55 Å². The van der Waals surface area contributed by atoms with E-state index in [1.165, 1.54) is 6.07 Å².